The fraction of sp³-hybridized carbons (Fsp3) is 0.941. The molecule has 0 bridgehead atoms. The Bertz CT molecular complexity index is 329. The summed E-state index contributed by atoms with van der Waals surface area (Å²) in [4.78, 5) is 6.86. The van der Waals surface area contributed by atoms with Gasteiger partial charge in [-0.25, -0.2) is 0 Å². The van der Waals surface area contributed by atoms with E-state index in [1.165, 1.54) is 58.0 Å². The fourth-order valence-corrected chi connectivity index (χ4v) is 3.86. The van der Waals surface area contributed by atoms with Gasteiger partial charge in [0, 0.05) is 26.2 Å². The van der Waals surface area contributed by atoms with E-state index in [2.05, 4.69) is 34.5 Å². The number of aliphatic imine (C=N–C) groups is 1. The molecular weight excluding hydrogens is 260 g/mol. The molecule has 4 heteroatoms. The summed E-state index contributed by atoms with van der Waals surface area (Å²) in [6, 6.07) is 0.615. The summed E-state index contributed by atoms with van der Waals surface area (Å²) in [5, 5.41) is 7.20. The minimum absolute atomic E-state index is 0.615. The Morgan fingerprint density at radius 3 is 2.71 bits per heavy atom. The van der Waals surface area contributed by atoms with Crippen LogP contribution < -0.4 is 10.6 Å². The highest BCUT2D eigenvalue weighted by atomic mass is 15.2. The van der Waals surface area contributed by atoms with Crippen LogP contribution in [-0.4, -0.2) is 50.6 Å². The van der Waals surface area contributed by atoms with Crippen LogP contribution in [0.4, 0.5) is 0 Å². The van der Waals surface area contributed by atoms with Gasteiger partial charge in [0.2, 0.25) is 0 Å². The normalized spacial score (nSPS) is 32.0. The highest BCUT2D eigenvalue weighted by Gasteiger charge is 2.22. The molecule has 3 atom stereocenters. The first-order chi connectivity index (χ1) is 10.2. The number of nitrogens with one attached hydrogen (secondary N) is 2. The monoisotopic (exact) mass is 294 g/mol. The van der Waals surface area contributed by atoms with Crippen molar-refractivity contribution in [3.05, 3.63) is 0 Å². The molecule has 122 valence electrons. The molecule has 2 rings (SSSR count). The zero-order chi connectivity index (χ0) is 15.1. The van der Waals surface area contributed by atoms with Crippen LogP contribution in [-0.2, 0) is 0 Å². The molecule has 1 heterocycles. The Balaban J connectivity index is 1.72. The predicted octanol–water partition coefficient (Wildman–Crippen LogP) is 2.46. The summed E-state index contributed by atoms with van der Waals surface area (Å²) in [5.74, 6) is 2.67. The van der Waals surface area contributed by atoms with E-state index in [0.717, 1.165) is 24.3 Å². The second kappa shape index (κ2) is 8.62. The van der Waals surface area contributed by atoms with Gasteiger partial charge in [0.05, 0.1) is 0 Å². The topological polar surface area (TPSA) is 39.7 Å². The maximum Gasteiger partial charge on any atom is 0.191 e. The lowest BCUT2D eigenvalue weighted by molar-refractivity contribution is 0.210. The van der Waals surface area contributed by atoms with Crippen molar-refractivity contribution in [1.82, 2.24) is 15.5 Å². The van der Waals surface area contributed by atoms with Crippen molar-refractivity contribution < 1.29 is 0 Å². The first-order valence-electron chi connectivity index (χ1n) is 8.87. The Morgan fingerprint density at radius 1 is 1.19 bits per heavy atom. The summed E-state index contributed by atoms with van der Waals surface area (Å²) >= 11 is 0. The first-order valence-corrected chi connectivity index (χ1v) is 8.87. The van der Waals surface area contributed by atoms with Crippen molar-refractivity contribution in [2.45, 2.75) is 57.9 Å². The van der Waals surface area contributed by atoms with Crippen LogP contribution in [0, 0.1) is 11.8 Å². The van der Waals surface area contributed by atoms with E-state index in [4.69, 9.17) is 0 Å². The van der Waals surface area contributed by atoms with E-state index in [9.17, 15) is 0 Å². The van der Waals surface area contributed by atoms with E-state index in [1.807, 2.05) is 7.05 Å². The number of rotatable bonds is 4. The highest BCUT2D eigenvalue weighted by Crippen LogP contribution is 2.26. The van der Waals surface area contributed by atoms with Gasteiger partial charge >= 0.3 is 0 Å². The van der Waals surface area contributed by atoms with Crippen LogP contribution in [0.3, 0.4) is 0 Å². The molecular formula is C17H34N4. The maximum absolute atomic E-state index is 4.42. The molecule has 3 unspecified atom stereocenters. The minimum Gasteiger partial charge on any atom is -0.356 e. The van der Waals surface area contributed by atoms with E-state index in [-0.39, 0.29) is 0 Å². The molecule has 0 radical (unpaired) electrons. The van der Waals surface area contributed by atoms with Crippen molar-refractivity contribution in [3.8, 4) is 0 Å². The molecule has 1 aliphatic heterocycles. The van der Waals surface area contributed by atoms with Crippen molar-refractivity contribution in [2.75, 3.05) is 33.7 Å². The molecule has 0 aromatic rings. The summed E-state index contributed by atoms with van der Waals surface area (Å²) in [7, 11) is 4.12. The average molecular weight is 294 g/mol. The average Bonchev–Trinajstić information content (AvgIpc) is 2.51. The van der Waals surface area contributed by atoms with Gasteiger partial charge in [-0.15, -0.1) is 0 Å². The van der Waals surface area contributed by atoms with Crippen LogP contribution in [0.5, 0.6) is 0 Å². The molecule has 2 N–H and O–H groups in total. The largest absolute Gasteiger partial charge is 0.356 e. The standard InChI is InChI=1S/C17H34N4/c1-4-14-7-5-9-16(11-14)20-17(18-2)19-12-15-8-6-10-21(3)13-15/h14-16H,4-13H2,1-3H3,(H2,18,19,20). The van der Waals surface area contributed by atoms with E-state index in [0.29, 0.717) is 6.04 Å². The Kier molecular flexibility index (Phi) is 6.81. The van der Waals surface area contributed by atoms with E-state index >= 15 is 0 Å². The Hall–Kier alpha value is -0.770. The lowest BCUT2D eigenvalue weighted by atomic mass is 9.84. The smallest absolute Gasteiger partial charge is 0.191 e. The molecule has 2 aliphatic rings. The van der Waals surface area contributed by atoms with Crippen molar-refractivity contribution >= 4 is 5.96 Å². The lowest BCUT2D eigenvalue weighted by Gasteiger charge is -2.32. The predicted molar refractivity (Wildman–Crippen MR) is 90.8 cm³/mol. The molecule has 0 aromatic heterocycles. The number of guanidine groups is 1. The van der Waals surface area contributed by atoms with Gasteiger partial charge < -0.3 is 15.5 Å². The summed E-state index contributed by atoms with van der Waals surface area (Å²) in [5.41, 5.74) is 0. The zero-order valence-electron chi connectivity index (χ0n) is 14.2. The zero-order valence-corrected chi connectivity index (χ0v) is 14.2. The number of hydrogen-bond acceptors (Lipinski definition) is 2. The number of hydrogen-bond donors (Lipinski definition) is 2. The maximum atomic E-state index is 4.42. The molecule has 0 spiro atoms. The number of nitrogens with zero attached hydrogens (tertiary/aromatic N) is 2. The molecule has 1 saturated heterocycles. The van der Waals surface area contributed by atoms with Crippen LogP contribution in [0.15, 0.2) is 4.99 Å². The number of likely N-dealkylation sites (tertiary alicyclic amines) is 1. The van der Waals surface area contributed by atoms with Crippen LogP contribution in [0.1, 0.15) is 51.9 Å². The first kappa shape index (κ1) is 16.6. The summed E-state index contributed by atoms with van der Waals surface area (Å²) < 4.78 is 0. The van der Waals surface area contributed by atoms with Gasteiger partial charge in [-0.1, -0.05) is 26.2 Å². The van der Waals surface area contributed by atoms with Gasteiger partial charge in [0.15, 0.2) is 5.96 Å². The Labute approximate surface area is 130 Å². The van der Waals surface area contributed by atoms with Gasteiger partial charge in [-0.2, -0.15) is 0 Å². The van der Waals surface area contributed by atoms with Gasteiger partial charge in [0.1, 0.15) is 0 Å². The summed E-state index contributed by atoms with van der Waals surface area (Å²) in [6.45, 7) is 5.84. The molecule has 1 aliphatic carbocycles. The molecule has 21 heavy (non-hydrogen) atoms. The second-order valence-corrected chi connectivity index (χ2v) is 7.01. The third kappa shape index (κ3) is 5.50. The molecule has 0 aromatic carbocycles. The molecule has 2 fully saturated rings. The Morgan fingerprint density at radius 2 is 2.00 bits per heavy atom. The van der Waals surface area contributed by atoms with Gasteiger partial charge in [0.25, 0.3) is 0 Å². The van der Waals surface area contributed by atoms with E-state index in [1.54, 1.807) is 0 Å². The summed E-state index contributed by atoms with van der Waals surface area (Å²) in [6.07, 6.45) is 9.37. The molecule has 4 nitrogen and oxygen atoms in total. The highest BCUT2D eigenvalue weighted by molar-refractivity contribution is 5.79. The van der Waals surface area contributed by atoms with Crippen molar-refractivity contribution in [3.63, 3.8) is 0 Å². The van der Waals surface area contributed by atoms with Crippen molar-refractivity contribution in [2.24, 2.45) is 16.8 Å². The van der Waals surface area contributed by atoms with E-state index < -0.39 is 0 Å². The van der Waals surface area contributed by atoms with Crippen LogP contribution in [0.2, 0.25) is 0 Å². The molecule has 0 amide bonds. The van der Waals surface area contributed by atoms with Crippen molar-refractivity contribution in [1.29, 1.82) is 0 Å². The van der Waals surface area contributed by atoms with Crippen LogP contribution >= 0.6 is 0 Å². The van der Waals surface area contributed by atoms with Crippen LogP contribution in [0.25, 0.3) is 0 Å². The van der Waals surface area contributed by atoms with Gasteiger partial charge in [-0.3, -0.25) is 4.99 Å². The minimum atomic E-state index is 0.615. The third-order valence-electron chi connectivity index (χ3n) is 5.20. The fourth-order valence-electron chi connectivity index (χ4n) is 3.86. The quantitative estimate of drug-likeness (QED) is 0.618. The number of piperidine rings is 1. The van der Waals surface area contributed by atoms with Gasteiger partial charge in [-0.05, 0) is 51.1 Å². The molecule has 1 saturated carbocycles. The SMILES string of the molecule is CCC1CCCC(NC(=NC)NCC2CCCN(C)C2)C1. The third-order valence-corrected chi connectivity index (χ3v) is 5.20. The second-order valence-electron chi connectivity index (χ2n) is 7.01. The lowest BCUT2D eigenvalue weighted by Crippen LogP contribution is -2.47.